The second-order valence-electron chi connectivity index (χ2n) is 12.9. The topological polar surface area (TPSA) is 12.5 Å². The molecule has 1 aliphatic heterocycles. The molecular weight excluding hydrogens is 448 g/mol. The van der Waals surface area contributed by atoms with E-state index in [4.69, 9.17) is 4.74 Å². The Labute approximate surface area is 231 Å². The van der Waals surface area contributed by atoms with E-state index in [1.807, 2.05) is 0 Å². The highest BCUT2D eigenvalue weighted by Crippen LogP contribution is 2.56. The summed E-state index contributed by atoms with van der Waals surface area (Å²) < 4.78 is 6.47. The lowest BCUT2D eigenvalue weighted by atomic mass is 9.61. The summed E-state index contributed by atoms with van der Waals surface area (Å²) in [4.78, 5) is 0. The van der Waals surface area contributed by atoms with Crippen LogP contribution in [-0.2, 0) is 4.74 Å². The quantitative estimate of drug-likeness (QED) is 0.272. The van der Waals surface area contributed by atoms with Gasteiger partial charge in [0.05, 0.1) is 18.1 Å². The first-order valence-electron chi connectivity index (χ1n) is 17.1. The first-order chi connectivity index (χ1) is 18.4. The lowest BCUT2D eigenvalue weighted by Gasteiger charge is -2.42. The molecular formula is C36H60O. The van der Waals surface area contributed by atoms with Crippen molar-refractivity contribution in [3.05, 3.63) is 34.9 Å². The molecule has 4 aliphatic rings. The van der Waals surface area contributed by atoms with Crippen LogP contribution < -0.4 is 0 Å². The number of hydrogen-bond acceptors (Lipinski definition) is 1. The zero-order chi connectivity index (χ0) is 25.4. The molecule has 1 heteroatoms. The first kappa shape index (κ1) is 29.2. The van der Waals surface area contributed by atoms with Crippen LogP contribution in [0.15, 0.2) is 34.9 Å². The van der Waals surface area contributed by atoms with Crippen LogP contribution in [0.1, 0.15) is 173 Å². The van der Waals surface area contributed by atoms with Crippen molar-refractivity contribution in [3.63, 3.8) is 0 Å². The van der Waals surface area contributed by atoms with Gasteiger partial charge in [-0.3, -0.25) is 0 Å². The third kappa shape index (κ3) is 9.12. The van der Waals surface area contributed by atoms with Gasteiger partial charge in [0.1, 0.15) is 0 Å². The standard InChI is InChI=1S/C36H60O/c1-2-8-14-20-26-32(25-19-13-7-1)36(35-31-37-35,33-27-21-15-9-3-4-10-16-22-28-33)34-29-23-17-11-5-6-12-18-24-30-34/h25,27,29,35H,1-24,26,28,30-31H2. The molecule has 4 rings (SSSR count). The normalized spacial score (nSPS) is 28.5. The fraction of sp³-hybridized carbons (Fsp3) is 0.833. The summed E-state index contributed by atoms with van der Waals surface area (Å²) in [7, 11) is 0. The second-order valence-corrected chi connectivity index (χ2v) is 12.9. The van der Waals surface area contributed by atoms with Crippen LogP contribution in [0.25, 0.3) is 0 Å². The molecule has 0 aromatic carbocycles. The van der Waals surface area contributed by atoms with Crippen LogP contribution in [0, 0.1) is 5.41 Å². The van der Waals surface area contributed by atoms with E-state index in [2.05, 4.69) is 18.2 Å². The number of hydrogen-bond donors (Lipinski definition) is 0. The molecule has 0 N–H and O–H groups in total. The number of ether oxygens (including phenoxy) is 1. The van der Waals surface area contributed by atoms with Crippen LogP contribution >= 0.6 is 0 Å². The fourth-order valence-electron chi connectivity index (χ4n) is 7.78. The third-order valence-electron chi connectivity index (χ3n) is 9.96. The Bertz CT molecular complexity index is 633. The van der Waals surface area contributed by atoms with Crippen molar-refractivity contribution in [3.8, 4) is 0 Å². The van der Waals surface area contributed by atoms with E-state index < -0.39 is 0 Å². The van der Waals surface area contributed by atoms with Gasteiger partial charge in [0, 0.05) is 0 Å². The Hall–Kier alpha value is -0.820. The van der Waals surface area contributed by atoms with E-state index in [1.165, 1.54) is 173 Å². The Morgan fingerprint density at radius 3 is 0.973 bits per heavy atom. The van der Waals surface area contributed by atoms with Crippen molar-refractivity contribution in [1.82, 2.24) is 0 Å². The van der Waals surface area contributed by atoms with Gasteiger partial charge in [-0.1, -0.05) is 131 Å². The maximum atomic E-state index is 6.47. The second kappa shape index (κ2) is 17.0. The van der Waals surface area contributed by atoms with Crippen LogP contribution in [0.2, 0.25) is 0 Å². The largest absolute Gasteiger partial charge is 0.371 e. The minimum Gasteiger partial charge on any atom is -0.371 e. The van der Waals surface area contributed by atoms with Gasteiger partial charge in [0.2, 0.25) is 0 Å². The average molecular weight is 509 g/mol. The summed E-state index contributed by atoms with van der Waals surface area (Å²) in [6, 6.07) is 0. The molecule has 37 heavy (non-hydrogen) atoms. The van der Waals surface area contributed by atoms with Gasteiger partial charge in [-0.25, -0.2) is 0 Å². The Morgan fingerprint density at radius 1 is 0.405 bits per heavy atom. The van der Waals surface area contributed by atoms with E-state index in [9.17, 15) is 0 Å². The lowest BCUT2D eigenvalue weighted by Crippen LogP contribution is -2.35. The molecule has 1 unspecified atom stereocenters. The van der Waals surface area contributed by atoms with E-state index in [0.717, 1.165) is 6.61 Å². The van der Waals surface area contributed by atoms with Crippen LogP contribution in [0.3, 0.4) is 0 Å². The highest BCUT2D eigenvalue weighted by molar-refractivity contribution is 5.45. The average Bonchev–Trinajstić information content (AvgIpc) is 3.75. The summed E-state index contributed by atoms with van der Waals surface area (Å²) in [5.41, 5.74) is 5.45. The van der Waals surface area contributed by atoms with Crippen molar-refractivity contribution in [2.24, 2.45) is 5.41 Å². The minimum absolute atomic E-state index is 0.0795. The lowest BCUT2D eigenvalue weighted by molar-refractivity contribution is 0.293. The number of allylic oxidation sites excluding steroid dienone is 3. The summed E-state index contributed by atoms with van der Waals surface area (Å²) in [5.74, 6) is 0. The molecule has 1 nitrogen and oxygen atoms in total. The highest BCUT2D eigenvalue weighted by atomic mass is 16.6. The fourth-order valence-corrected chi connectivity index (χ4v) is 7.78. The summed E-state index contributed by atoms with van der Waals surface area (Å²) in [5, 5.41) is 0. The molecule has 0 radical (unpaired) electrons. The highest BCUT2D eigenvalue weighted by Gasteiger charge is 2.53. The van der Waals surface area contributed by atoms with Crippen LogP contribution in [0.4, 0.5) is 0 Å². The summed E-state index contributed by atoms with van der Waals surface area (Å²) in [6.45, 7) is 0.978. The predicted molar refractivity (Wildman–Crippen MR) is 161 cm³/mol. The molecule has 1 atom stereocenters. The Balaban J connectivity index is 1.75. The maximum Gasteiger partial charge on any atom is 0.0977 e. The van der Waals surface area contributed by atoms with Gasteiger partial charge in [-0.15, -0.1) is 0 Å². The molecule has 0 spiro atoms. The van der Waals surface area contributed by atoms with Crippen molar-refractivity contribution >= 4 is 0 Å². The predicted octanol–water partition coefficient (Wildman–Crippen LogP) is 11.7. The molecule has 210 valence electrons. The third-order valence-corrected chi connectivity index (χ3v) is 9.96. The van der Waals surface area contributed by atoms with Gasteiger partial charge in [0.25, 0.3) is 0 Å². The molecule has 0 saturated carbocycles. The summed E-state index contributed by atoms with van der Waals surface area (Å²) >= 11 is 0. The zero-order valence-corrected chi connectivity index (χ0v) is 24.5. The first-order valence-corrected chi connectivity index (χ1v) is 17.1. The van der Waals surface area contributed by atoms with E-state index in [1.54, 1.807) is 16.7 Å². The monoisotopic (exact) mass is 508 g/mol. The van der Waals surface area contributed by atoms with Crippen molar-refractivity contribution in [2.75, 3.05) is 6.61 Å². The van der Waals surface area contributed by atoms with Crippen molar-refractivity contribution in [2.45, 2.75) is 179 Å². The molecule has 1 fully saturated rings. The smallest absolute Gasteiger partial charge is 0.0977 e. The van der Waals surface area contributed by atoms with Gasteiger partial charge >= 0.3 is 0 Å². The zero-order valence-electron chi connectivity index (χ0n) is 24.5. The number of rotatable bonds is 4. The molecule has 0 bridgehead atoms. The molecule has 0 amide bonds. The maximum absolute atomic E-state index is 6.47. The van der Waals surface area contributed by atoms with E-state index >= 15 is 0 Å². The van der Waals surface area contributed by atoms with Gasteiger partial charge in [0.15, 0.2) is 0 Å². The molecule has 1 saturated heterocycles. The molecule has 1 heterocycles. The van der Waals surface area contributed by atoms with Gasteiger partial charge < -0.3 is 4.74 Å². The number of epoxide rings is 1. The van der Waals surface area contributed by atoms with Crippen molar-refractivity contribution in [1.29, 1.82) is 0 Å². The molecule has 3 aliphatic carbocycles. The van der Waals surface area contributed by atoms with Crippen LogP contribution in [-0.4, -0.2) is 12.7 Å². The van der Waals surface area contributed by atoms with Crippen molar-refractivity contribution < 1.29 is 4.74 Å². The van der Waals surface area contributed by atoms with Gasteiger partial charge in [-0.05, 0) is 77.0 Å². The SMILES string of the molecule is C1=C(C(C2=CCCCCCCCCC2)(C2=CCCCCCCCCC2)C2CO2)CCCCCCCCC1. The van der Waals surface area contributed by atoms with Gasteiger partial charge in [-0.2, -0.15) is 0 Å². The van der Waals surface area contributed by atoms with Crippen LogP contribution in [0.5, 0.6) is 0 Å². The summed E-state index contributed by atoms with van der Waals surface area (Å²) in [6.07, 6.45) is 46.2. The Morgan fingerprint density at radius 2 is 0.676 bits per heavy atom. The molecule has 0 aromatic heterocycles. The van der Waals surface area contributed by atoms with E-state index in [-0.39, 0.29) is 5.41 Å². The minimum atomic E-state index is 0.0795. The molecule has 0 aromatic rings. The Kier molecular flexibility index (Phi) is 13.4. The van der Waals surface area contributed by atoms with E-state index in [0.29, 0.717) is 6.10 Å².